The van der Waals surface area contributed by atoms with Gasteiger partial charge in [-0.05, 0) is 60.5 Å². The van der Waals surface area contributed by atoms with Crippen molar-refractivity contribution in [1.82, 2.24) is 5.32 Å². The molecule has 2 aromatic carbocycles. The van der Waals surface area contributed by atoms with E-state index in [2.05, 4.69) is 17.2 Å². The fourth-order valence-electron chi connectivity index (χ4n) is 2.74. The molecule has 1 amide bonds. The second kappa shape index (κ2) is 9.52. The normalized spacial score (nSPS) is 16.3. The summed E-state index contributed by atoms with van der Waals surface area (Å²) < 4.78 is 11.2. The molecule has 152 valence electrons. The number of unbranched alkanes of at least 4 members (excludes halogenated alkanes) is 1. The highest BCUT2D eigenvalue weighted by Crippen LogP contribution is 2.35. The minimum atomic E-state index is -0.232. The fraction of sp³-hybridized carbons (Fsp3) is 0.273. The summed E-state index contributed by atoms with van der Waals surface area (Å²) in [6, 6.07) is 10.7. The van der Waals surface area contributed by atoms with Crippen molar-refractivity contribution < 1.29 is 19.4 Å². The molecule has 7 heteroatoms. The van der Waals surface area contributed by atoms with Crippen LogP contribution < -0.4 is 14.8 Å². The van der Waals surface area contributed by atoms with E-state index in [4.69, 9.17) is 9.47 Å². The van der Waals surface area contributed by atoms with Crippen molar-refractivity contribution in [3.05, 3.63) is 52.4 Å². The number of para-hydroxylation sites is 1. The van der Waals surface area contributed by atoms with E-state index in [1.807, 2.05) is 31.2 Å². The third-order valence-electron chi connectivity index (χ3n) is 4.32. The Balaban J connectivity index is 1.80. The molecule has 2 N–H and O–H groups in total. The Morgan fingerprint density at radius 3 is 2.79 bits per heavy atom. The molecule has 3 rings (SSSR count). The number of aromatic hydroxyl groups is 1. The Bertz CT molecular complexity index is 949. The second-order valence-electron chi connectivity index (χ2n) is 6.54. The number of ether oxygens (including phenoxy) is 2. The molecular weight excluding hydrogens is 388 g/mol. The largest absolute Gasteiger partial charge is 0.506 e. The molecule has 1 fully saturated rings. The number of amides is 1. The van der Waals surface area contributed by atoms with Gasteiger partial charge in [-0.1, -0.05) is 31.5 Å². The first-order chi connectivity index (χ1) is 14.0. The van der Waals surface area contributed by atoms with Crippen LogP contribution >= 0.6 is 11.8 Å². The first-order valence-electron chi connectivity index (χ1n) is 9.40. The van der Waals surface area contributed by atoms with Gasteiger partial charge in [0.2, 0.25) is 0 Å². The topological polar surface area (TPSA) is 80.2 Å². The number of methoxy groups -OCH3 is 1. The van der Waals surface area contributed by atoms with Crippen LogP contribution in [0.25, 0.3) is 6.08 Å². The lowest BCUT2D eigenvalue weighted by Crippen LogP contribution is -2.19. The molecule has 0 spiro atoms. The summed E-state index contributed by atoms with van der Waals surface area (Å²) in [7, 11) is 1.59. The summed E-state index contributed by atoms with van der Waals surface area (Å²) in [6.45, 7) is 4.60. The molecule has 29 heavy (non-hydrogen) atoms. The average Bonchev–Trinajstić information content (AvgIpc) is 3.05. The van der Waals surface area contributed by atoms with E-state index in [0.717, 1.165) is 24.0 Å². The van der Waals surface area contributed by atoms with Gasteiger partial charge in [-0.2, -0.15) is 0 Å². The monoisotopic (exact) mass is 412 g/mol. The number of nitrogens with one attached hydrogen (secondary N) is 1. The molecule has 0 aliphatic carbocycles. The number of aliphatic imine (C=N–C) groups is 1. The smallest absolute Gasteiger partial charge is 0.264 e. The van der Waals surface area contributed by atoms with Crippen LogP contribution in [-0.2, 0) is 4.79 Å². The van der Waals surface area contributed by atoms with Gasteiger partial charge in [0, 0.05) is 0 Å². The predicted molar refractivity (Wildman–Crippen MR) is 117 cm³/mol. The van der Waals surface area contributed by atoms with Crippen molar-refractivity contribution in [3.8, 4) is 17.2 Å². The number of hydrogen-bond acceptors (Lipinski definition) is 6. The van der Waals surface area contributed by atoms with Crippen molar-refractivity contribution in [3.63, 3.8) is 0 Å². The lowest BCUT2D eigenvalue weighted by molar-refractivity contribution is -0.115. The van der Waals surface area contributed by atoms with E-state index in [9.17, 15) is 9.90 Å². The minimum Gasteiger partial charge on any atom is -0.506 e. The highest BCUT2D eigenvalue weighted by atomic mass is 32.2. The predicted octanol–water partition coefficient (Wildman–Crippen LogP) is 4.78. The molecule has 1 aliphatic heterocycles. The van der Waals surface area contributed by atoms with E-state index in [1.165, 1.54) is 11.8 Å². The van der Waals surface area contributed by atoms with E-state index in [1.54, 1.807) is 25.3 Å². The van der Waals surface area contributed by atoms with Crippen molar-refractivity contribution in [2.75, 3.05) is 13.7 Å². The molecular formula is C22H24N2O4S. The summed E-state index contributed by atoms with van der Waals surface area (Å²) in [5.41, 5.74) is 2.10. The van der Waals surface area contributed by atoms with Crippen molar-refractivity contribution in [2.45, 2.75) is 26.7 Å². The second-order valence-corrected chi connectivity index (χ2v) is 7.57. The maximum Gasteiger partial charge on any atom is 0.264 e. The standard InChI is InChI=1S/C22H24N2O4S/c1-4-5-11-28-17-10-9-15(12-18(17)27-3)13-19-21(26)24-22(29-19)23-20-14(2)7-6-8-16(20)25/h6-10,12-13,25H,4-5,11H2,1-3H3,(H,23,24,26)/b19-13-. The molecule has 1 aliphatic rings. The zero-order valence-corrected chi connectivity index (χ0v) is 17.5. The van der Waals surface area contributed by atoms with Crippen LogP contribution in [-0.4, -0.2) is 29.9 Å². The Hall–Kier alpha value is -2.93. The fourth-order valence-corrected chi connectivity index (χ4v) is 3.57. The number of carbonyl (C=O) groups is 1. The highest BCUT2D eigenvalue weighted by Gasteiger charge is 2.24. The molecule has 2 aromatic rings. The summed E-state index contributed by atoms with van der Waals surface area (Å²) in [4.78, 5) is 17.3. The molecule has 0 atom stereocenters. The quantitative estimate of drug-likeness (QED) is 0.505. The van der Waals surface area contributed by atoms with E-state index in [-0.39, 0.29) is 11.7 Å². The molecule has 1 heterocycles. The van der Waals surface area contributed by atoms with Gasteiger partial charge in [-0.15, -0.1) is 0 Å². The van der Waals surface area contributed by atoms with Gasteiger partial charge >= 0.3 is 0 Å². The van der Waals surface area contributed by atoms with Crippen LogP contribution in [0.4, 0.5) is 5.69 Å². The lowest BCUT2D eigenvalue weighted by Gasteiger charge is -2.11. The van der Waals surface area contributed by atoms with Crippen molar-refractivity contribution in [2.24, 2.45) is 4.99 Å². The van der Waals surface area contributed by atoms with Gasteiger partial charge in [-0.3, -0.25) is 4.79 Å². The summed E-state index contributed by atoms with van der Waals surface area (Å²) in [5.74, 6) is 1.15. The number of phenolic OH excluding ortho intramolecular Hbond substituents is 1. The molecule has 0 radical (unpaired) electrons. The summed E-state index contributed by atoms with van der Waals surface area (Å²) in [5, 5.41) is 13.2. The van der Waals surface area contributed by atoms with Gasteiger partial charge in [0.15, 0.2) is 16.7 Å². The SMILES string of the molecule is CCCCOc1ccc(/C=C2\SC(=Nc3c(C)cccc3O)NC2=O)cc1OC. The van der Waals surface area contributed by atoms with Crippen molar-refractivity contribution >= 4 is 34.6 Å². The van der Waals surface area contributed by atoms with Gasteiger partial charge in [0.05, 0.1) is 18.6 Å². The van der Waals surface area contributed by atoms with Crippen molar-refractivity contribution in [1.29, 1.82) is 0 Å². The zero-order chi connectivity index (χ0) is 20.8. The van der Waals surface area contributed by atoms with E-state index < -0.39 is 0 Å². The van der Waals surface area contributed by atoms with Crippen LogP contribution in [0.5, 0.6) is 17.2 Å². The molecule has 1 saturated heterocycles. The molecule has 6 nitrogen and oxygen atoms in total. The molecule has 0 bridgehead atoms. The minimum absolute atomic E-state index is 0.0770. The van der Waals surface area contributed by atoms with Gasteiger partial charge in [0.1, 0.15) is 11.4 Å². The third-order valence-corrected chi connectivity index (χ3v) is 5.23. The number of thioether (sulfide) groups is 1. The van der Waals surface area contributed by atoms with Crippen LogP contribution in [0.1, 0.15) is 30.9 Å². The average molecular weight is 413 g/mol. The van der Waals surface area contributed by atoms with Crippen LogP contribution in [0.3, 0.4) is 0 Å². The molecule has 0 aromatic heterocycles. The van der Waals surface area contributed by atoms with Gasteiger partial charge < -0.3 is 19.9 Å². The first kappa shape index (κ1) is 20.8. The molecule has 0 saturated carbocycles. The van der Waals surface area contributed by atoms with E-state index in [0.29, 0.717) is 33.9 Å². The Labute approximate surface area is 174 Å². The number of rotatable bonds is 7. The molecule has 0 unspecified atom stereocenters. The number of phenols is 1. The summed E-state index contributed by atoms with van der Waals surface area (Å²) in [6.07, 6.45) is 3.81. The number of amidine groups is 1. The highest BCUT2D eigenvalue weighted by molar-refractivity contribution is 8.18. The number of benzene rings is 2. The maximum atomic E-state index is 12.3. The third kappa shape index (κ3) is 5.12. The number of carbonyl (C=O) groups excluding carboxylic acids is 1. The lowest BCUT2D eigenvalue weighted by atomic mass is 10.2. The summed E-state index contributed by atoms with van der Waals surface area (Å²) >= 11 is 1.23. The zero-order valence-electron chi connectivity index (χ0n) is 16.7. The van der Waals surface area contributed by atoms with Crippen LogP contribution in [0.15, 0.2) is 46.3 Å². The Morgan fingerprint density at radius 2 is 2.07 bits per heavy atom. The number of hydrogen-bond donors (Lipinski definition) is 2. The number of nitrogens with zero attached hydrogens (tertiary/aromatic N) is 1. The number of aryl methyl sites for hydroxylation is 1. The van der Waals surface area contributed by atoms with E-state index >= 15 is 0 Å². The van der Waals surface area contributed by atoms with Crippen LogP contribution in [0.2, 0.25) is 0 Å². The Morgan fingerprint density at radius 1 is 1.24 bits per heavy atom. The van der Waals surface area contributed by atoms with Crippen LogP contribution in [0, 0.1) is 6.92 Å². The first-order valence-corrected chi connectivity index (χ1v) is 10.2. The maximum absolute atomic E-state index is 12.3. The van der Waals surface area contributed by atoms with Gasteiger partial charge in [0.25, 0.3) is 5.91 Å². The van der Waals surface area contributed by atoms with Gasteiger partial charge in [-0.25, -0.2) is 4.99 Å². The Kier molecular flexibility index (Phi) is 6.82.